The van der Waals surface area contributed by atoms with Gasteiger partial charge in [0.05, 0.1) is 0 Å². The van der Waals surface area contributed by atoms with E-state index in [9.17, 15) is 0 Å². The van der Waals surface area contributed by atoms with E-state index >= 15 is 0 Å². The highest BCUT2D eigenvalue weighted by molar-refractivity contribution is 5.47. The van der Waals surface area contributed by atoms with Crippen LogP contribution in [0.3, 0.4) is 0 Å². The minimum atomic E-state index is 0.651. The first kappa shape index (κ1) is 12.3. The molecule has 1 aliphatic heterocycles. The predicted molar refractivity (Wildman–Crippen MR) is 81.6 cm³/mol. The van der Waals surface area contributed by atoms with Crippen molar-refractivity contribution in [3.8, 4) is 0 Å². The topological polar surface area (TPSA) is 3.24 Å². The number of piperidine rings is 1. The summed E-state index contributed by atoms with van der Waals surface area (Å²) in [4.78, 5) is 2.59. The van der Waals surface area contributed by atoms with E-state index in [1.54, 1.807) is 0 Å². The summed E-state index contributed by atoms with van der Waals surface area (Å²) >= 11 is 0. The van der Waals surface area contributed by atoms with Gasteiger partial charge in [-0.3, -0.25) is 0 Å². The fourth-order valence-electron chi connectivity index (χ4n) is 3.06. The summed E-state index contributed by atoms with van der Waals surface area (Å²) in [7, 11) is 0. The van der Waals surface area contributed by atoms with Crippen molar-refractivity contribution in [3.63, 3.8) is 0 Å². The minimum Gasteiger partial charge on any atom is -0.368 e. The second kappa shape index (κ2) is 5.92. The fourth-order valence-corrected chi connectivity index (χ4v) is 3.06. The molecule has 1 atom stereocenters. The molecular formula is C18H21N. The van der Waals surface area contributed by atoms with Gasteiger partial charge in [0, 0.05) is 18.3 Å². The number of benzene rings is 2. The Balaban J connectivity index is 1.78. The lowest BCUT2D eigenvalue weighted by molar-refractivity contribution is 0.457. The second-order valence-corrected chi connectivity index (χ2v) is 5.37. The molecule has 1 unspecified atom stereocenters. The summed E-state index contributed by atoms with van der Waals surface area (Å²) in [5.41, 5.74) is 2.83. The van der Waals surface area contributed by atoms with Gasteiger partial charge in [-0.1, -0.05) is 48.5 Å². The molecule has 3 rings (SSSR count). The molecule has 1 heterocycles. The molecule has 0 bridgehead atoms. The first-order valence-electron chi connectivity index (χ1n) is 7.29. The zero-order valence-electron chi connectivity index (χ0n) is 11.3. The molecule has 0 radical (unpaired) electrons. The summed E-state index contributed by atoms with van der Waals surface area (Å²) in [6.07, 6.45) is 5.15. The molecule has 19 heavy (non-hydrogen) atoms. The number of hydrogen-bond acceptors (Lipinski definition) is 1. The Morgan fingerprint density at radius 1 is 0.842 bits per heavy atom. The van der Waals surface area contributed by atoms with E-state index in [0.29, 0.717) is 6.04 Å². The van der Waals surface area contributed by atoms with Crippen LogP contribution in [0.5, 0.6) is 0 Å². The van der Waals surface area contributed by atoms with Gasteiger partial charge in [-0.2, -0.15) is 0 Å². The SMILES string of the molecule is c1ccc(CC2CCCCN2c2ccccc2)cc1. The molecule has 1 fully saturated rings. The van der Waals surface area contributed by atoms with E-state index in [1.165, 1.54) is 37.1 Å². The van der Waals surface area contributed by atoms with Gasteiger partial charge in [-0.05, 0) is 43.4 Å². The number of rotatable bonds is 3. The molecule has 1 saturated heterocycles. The van der Waals surface area contributed by atoms with Crippen molar-refractivity contribution in [2.75, 3.05) is 11.4 Å². The first-order chi connectivity index (χ1) is 9.43. The predicted octanol–water partition coefficient (Wildman–Crippen LogP) is 4.29. The van der Waals surface area contributed by atoms with Crippen LogP contribution in [0.2, 0.25) is 0 Å². The molecule has 98 valence electrons. The summed E-state index contributed by atoms with van der Waals surface area (Å²) in [5.74, 6) is 0. The van der Waals surface area contributed by atoms with Gasteiger partial charge in [0.25, 0.3) is 0 Å². The molecule has 0 spiro atoms. The number of hydrogen-bond donors (Lipinski definition) is 0. The average Bonchev–Trinajstić information content (AvgIpc) is 2.50. The Morgan fingerprint density at radius 2 is 1.53 bits per heavy atom. The van der Waals surface area contributed by atoms with Gasteiger partial charge in [0.1, 0.15) is 0 Å². The highest BCUT2D eigenvalue weighted by Gasteiger charge is 2.22. The molecule has 0 aromatic heterocycles. The molecule has 1 heteroatoms. The molecule has 1 aliphatic rings. The van der Waals surface area contributed by atoms with E-state index in [0.717, 1.165) is 6.42 Å². The standard InChI is InChI=1S/C18H21N/c1-3-9-16(10-4-1)15-18-13-7-8-14-19(18)17-11-5-2-6-12-17/h1-6,9-12,18H,7-8,13-15H2. The zero-order chi connectivity index (χ0) is 12.9. The lowest BCUT2D eigenvalue weighted by Gasteiger charge is -2.38. The monoisotopic (exact) mass is 251 g/mol. The second-order valence-electron chi connectivity index (χ2n) is 5.37. The largest absolute Gasteiger partial charge is 0.368 e. The molecule has 2 aromatic carbocycles. The lowest BCUT2D eigenvalue weighted by Crippen LogP contribution is -2.40. The van der Waals surface area contributed by atoms with Gasteiger partial charge in [-0.25, -0.2) is 0 Å². The van der Waals surface area contributed by atoms with Gasteiger partial charge in [0.2, 0.25) is 0 Å². The van der Waals surface area contributed by atoms with Crippen LogP contribution in [0.15, 0.2) is 60.7 Å². The van der Waals surface area contributed by atoms with Crippen molar-refractivity contribution in [1.82, 2.24) is 0 Å². The van der Waals surface area contributed by atoms with Crippen molar-refractivity contribution < 1.29 is 0 Å². The maximum atomic E-state index is 2.59. The van der Waals surface area contributed by atoms with Gasteiger partial charge < -0.3 is 4.90 Å². The Hall–Kier alpha value is -1.76. The highest BCUT2D eigenvalue weighted by atomic mass is 15.2. The summed E-state index contributed by atoms with van der Waals surface area (Å²) in [5, 5.41) is 0. The van der Waals surface area contributed by atoms with Crippen molar-refractivity contribution in [1.29, 1.82) is 0 Å². The van der Waals surface area contributed by atoms with Crippen LogP contribution in [0.4, 0.5) is 5.69 Å². The third-order valence-electron chi connectivity index (χ3n) is 4.03. The maximum absolute atomic E-state index is 2.59. The molecule has 0 N–H and O–H groups in total. The smallest absolute Gasteiger partial charge is 0.0368 e. The van der Waals surface area contributed by atoms with Crippen LogP contribution in [0.25, 0.3) is 0 Å². The van der Waals surface area contributed by atoms with Crippen LogP contribution in [0, 0.1) is 0 Å². The van der Waals surface area contributed by atoms with E-state index in [-0.39, 0.29) is 0 Å². The van der Waals surface area contributed by atoms with Crippen LogP contribution >= 0.6 is 0 Å². The molecule has 0 amide bonds. The summed E-state index contributed by atoms with van der Waals surface area (Å²) < 4.78 is 0. The van der Waals surface area contributed by atoms with Crippen molar-refractivity contribution >= 4 is 5.69 Å². The summed E-state index contributed by atoms with van der Waals surface area (Å²) in [6.45, 7) is 1.20. The third-order valence-corrected chi connectivity index (χ3v) is 4.03. The van der Waals surface area contributed by atoms with Crippen molar-refractivity contribution in [2.24, 2.45) is 0 Å². The van der Waals surface area contributed by atoms with E-state index in [1.807, 2.05) is 0 Å². The Kier molecular flexibility index (Phi) is 3.83. The normalized spacial score (nSPS) is 19.4. The molecular weight excluding hydrogens is 230 g/mol. The van der Waals surface area contributed by atoms with Crippen LogP contribution in [-0.2, 0) is 6.42 Å². The number of nitrogens with zero attached hydrogens (tertiary/aromatic N) is 1. The Bertz CT molecular complexity index is 492. The lowest BCUT2D eigenvalue weighted by atomic mass is 9.95. The van der Waals surface area contributed by atoms with Gasteiger partial charge >= 0.3 is 0 Å². The van der Waals surface area contributed by atoms with Gasteiger partial charge in [-0.15, -0.1) is 0 Å². The third kappa shape index (κ3) is 2.98. The summed E-state index contributed by atoms with van der Waals surface area (Å²) in [6, 6.07) is 22.4. The molecule has 0 saturated carbocycles. The number of anilines is 1. The average molecular weight is 251 g/mol. The van der Waals surface area contributed by atoms with E-state index in [2.05, 4.69) is 65.6 Å². The number of para-hydroxylation sites is 1. The van der Waals surface area contributed by atoms with Crippen molar-refractivity contribution in [2.45, 2.75) is 31.7 Å². The first-order valence-corrected chi connectivity index (χ1v) is 7.29. The van der Waals surface area contributed by atoms with E-state index in [4.69, 9.17) is 0 Å². The fraction of sp³-hybridized carbons (Fsp3) is 0.333. The Labute approximate surface area is 115 Å². The minimum absolute atomic E-state index is 0.651. The van der Waals surface area contributed by atoms with Crippen LogP contribution < -0.4 is 4.90 Å². The van der Waals surface area contributed by atoms with Gasteiger partial charge in [0.15, 0.2) is 0 Å². The molecule has 1 nitrogen and oxygen atoms in total. The highest BCUT2D eigenvalue weighted by Crippen LogP contribution is 2.26. The van der Waals surface area contributed by atoms with Crippen LogP contribution in [-0.4, -0.2) is 12.6 Å². The van der Waals surface area contributed by atoms with Crippen LogP contribution in [0.1, 0.15) is 24.8 Å². The Morgan fingerprint density at radius 3 is 2.26 bits per heavy atom. The van der Waals surface area contributed by atoms with E-state index < -0.39 is 0 Å². The molecule has 0 aliphatic carbocycles. The zero-order valence-corrected chi connectivity index (χ0v) is 11.3. The van der Waals surface area contributed by atoms with Crippen molar-refractivity contribution in [3.05, 3.63) is 66.2 Å². The quantitative estimate of drug-likeness (QED) is 0.786. The molecule has 2 aromatic rings. The maximum Gasteiger partial charge on any atom is 0.0368 e.